The number of guanidine groups is 1. The molecule has 1 aromatic carbocycles. The second kappa shape index (κ2) is 12.7. The molecule has 9 heteroatoms. The van der Waals surface area contributed by atoms with Gasteiger partial charge in [-0.1, -0.05) is 30.3 Å². The number of rotatable bonds is 9. The van der Waals surface area contributed by atoms with Gasteiger partial charge >= 0.3 is 0 Å². The number of fused-ring (bicyclic) bond motifs is 2. The zero-order valence-corrected chi connectivity index (χ0v) is 22.4. The number of methoxy groups -OCH3 is 1. The number of aromatic nitrogens is 3. The number of halogens is 1. The monoisotopic (exact) mass is 567 g/mol. The van der Waals surface area contributed by atoms with Crippen LogP contribution in [0.25, 0.3) is 0 Å². The SMILES string of the molecule is COCCCNC(=NCc1nnc(C)n1C)NC1CC2CCC(C1)N2Cc1ccccc1.I. The molecule has 0 radical (unpaired) electrons. The number of nitrogens with zero attached hydrogens (tertiary/aromatic N) is 5. The topological polar surface area (TPSA) is 79.6 Å². The van der Waals surface area contributed by atoms with Crippen molar-refractivity contribution in [3.8, 4) is 0 Å². The first-order chi connectivity index (χ1) is 15.6. The summed E-state index contributed by atoms with van der Waals surface area (Å²) in [5.74, 6) is 2.64. The summed E-state index contributed by atoms with van der Waals surface area (Å²) in [4.78, 5) is 7.55. The lowest BCUT2D eigenvalue weighted by Gasteiger charge is -2.39. The van der Waals surface area contributed by atoms with E-state index in [1.54, 1.807) is 7.11 Å². The quantitative estimate of drug-likeness (QED) is 0.210. The van der Waals surface area contributed by atoms with Crippen LogP contribution in [0.1, 0.15) is 49.3 Å². The molecule has 0 aliphatic carbocycles. The molecule has 33 heavy (non-hydrogen) atoms. The molecule has 2 aliphatic rings. The van der Waals surface area contributed by atoms with Gasteiger partial charge in [0.15, 0.2) is 11.8 Å². The highest BCUT2D eigenvalue weighted by Crippen LogP contribution is 2.36. The Morgan fingerprint density at radius 3 is 2.52 bits per heavy atom. The Morgan fingerprint density at radius 2 is 1.88 bits per heavy atom. The molecular weight excluding hydrogens is 529 g/mol. The Morgan fingerprint density at radius 1 is 1.15 bits per heavy atom. The Hall–Kier alpha value is -1.72. The van der Waals surface area contributed by atoms with E-state index < -0.39 is 0 Å². The molecule has 2 atom stereocenters. The zero-order chi connectivity index (χ0) is 22.3. The summed E-state index contributed by atoms with van der Waals surface area (Å²) in [5.41, 5.74) is 1.41. The van der Waals surface area contributed by atoms with E-state index in [4.69, 9.17) is 9.73 Å². The average Bonchev–Trinajstić information content (AvgIpc) is 3.23. The van der Waals surface area contributed by atoms with Crippen LogP contribution in [-0.4, -0.2) is 64.0 Å². The van der Waals surface area contributed by atoms with Gasteiger partial charge in [0.2, 0.25) is 0 Å². The number of hydrogen-bond donors (Lipinski definition) is 2. The van der Waals surface area contributed by atoms with Crippen molar-refractivity contribution in [3.05, 3.63) is 47.5 Å². The van der Waals surface area contributed by atoms with Gasteiger partial charge in [-0.05, 0) is 44.6 Å². The van der Waals surface area contributed by atoms with E-state index in [-0.39, 0.29) is 24.0 Å². The Bertz CT molecular complexity index is 874. The molecule has 2 unspecified atom stereocenters. The minimum absolute atomic E-state index is 0. The van der Waals surface area contributed by atoms with Crippen LogP contribution in [0.15, 0.2) is 35.3 Å². The lowest BCUT2D eigenvalue weighted by molar-refractivity contribution is 0.114. The molecule has 2 aliphatic heterocycles. The lowest BCUT2D eigenvalue weighted by atomic mass is 9.96. The van der Waals surface area contributed by atoms with Crippen LogP contribution in [0.2, 0.25) is 0 Å². The van der Waals surface area contributed by atoms with Crippen molar-refractivity contribution < 1.29 is 4.74 Å². The fourth-order valence-corrected chi connectivity index (χ4v) is 4.95. The third-order valence-corrected chi connectivity index (χ3v) is 6.81. The number of piperidine rings is 1. The first-order valence-corrected chi connectivity index (χ1v) is 11.8. The van der Waals surface area contributed by atoms with E-state index >= 15 is 0 Å². The largest absolute Gasteiger partial charge is 0.385 e. The molecule has 0 amide bonds. The molecule has 3 heterocycles. The van der Waals surface area contributed by atoms with Crippen molar-refractivity contribution in [2.24, 2.45) is 12.0 Å². The highest BCUT2D eigenvalue weighted by atomic mass is 127. The van der Waals surface area contributed by atoms with Gasteiger partial charge in [0, 0.05) is 52.0 Å². The Kier molecular flexibility index (Phi) is 9.94. The standard InChI is InChI=1S/C24H37N7O.HI/c1-18-28-29-23(30(18)2)16-26-24(25-12-7-13-32-3)27-20-14-21-10-11-22(15-20)31(21)17-19-8-5-4-6-9-19;/h4-6,8-9,20-22H,7,10-17H2,1-3H3,(H2,25,26,27);1H. The summed E-state index contributed by atoms with van der Waals surface area (Å²) in [7, 11) is 3.72. The third-order valence-electron chi connectivity index (χ3n) is 6.81. The highest BCUT2D eigenvalue weighted by Gasteiger charge is 2.40. The lowest BCUT2D eigenvalue weighted by Crippen LogP contribution is -2.52. The maximum Gasteiger partial charge on any atom is 0.191 e. The normalized spacial score (nSPS) is 22.8. The summed E-state index contributed by atoms with van der Waals surface area (Å²) >= 11 is 0. The van der Waals surface area contributed by atoms with Crippen LogP contribution in [-0.2, 0) is 24.9 Å². The summed E-state index contributed by atoms with van der Waals surface area (Å²) in [5, 5.41) is 15.6. The van der Waals surface area contributed by atoms with Crippen LogP contribution < -0.4 is 10.6 Å². The minimum Gasteiger partial charge on any atom is -0.385 e. The van der Waals surface area contributed by atoms with E-state index in [1.165, 1.54) is 18.4 Å². The smallest absolute Gasteiger partial charge is 0.191 e. The van der Waals surface area contributed by atoms with Crippen molar-refractivity contribution in [1.29, 1.82) is 0 Å². The number of aliphatic imine (C=N–C) groups is 1. The van der Waals surface area contributed by atoms with Gasteiger partial charge in [-0.3, -0.25) is 4.90 Å². The summed E-state index contributed by atoms with van der Waals surface area (Å²) < 4.78 is 7.19. The van der Waals surface area contributed by atoms with Gasteiger partial charge in [0.1, 0.15) is 12.4 Å². The molecule has 2 saturated heterocycles. The van der Waals surface area contributed by atoms with Gasteiger partial charge in [0.05, 0.1) is 0 Å². The average molecular weight is 568 g/mol. The van der Waals surface area contributed by atoms with Gasteiger partial charge in [0.25, 0.3) is 0 Å². The van der Waals surface area contributed by atoms with Gasteiger partial charge in [-0.25, -0.2) is 4.99 Å². The van der Waals surface area contributed by atoms with Crippen molar-refractivity contribution in [2.75, 3.05) is 20.3 Å². The summed E-state index contributed by atoms with van der Waals surface area (Å²) in [6, 6.07) is 12.6. The molecular formula is C24H38IN7O. The second-order valence-corrected chi connectivity index (χ2v) is 9.02. The Labute approximate surface area is 214 Å². The maximum absolute atomic E-state index is 5.19. The van der Waals surface area contributed by atoms with Crippen LogP contribution in [0.3, 0.4) is 0 Å². The van der Waals surface area contributed by atoms with Crippen LogP contribution in [0.4, 0.5) is 0 Å². The predicted octanol–water partition coefficient (Wildman–Crippen LogP) is 3.01. The maximum atomic E-state index is 5.19. The number of benzene rings is 1. The number of nitrogens with one attached hydrogen (secondary N) is 2. The molecule has 0 saturated carbocycles. The van der Waals surface area contributed by atoms with Crippen LogP contribution in [0.5, 0.6) is 0 Å². The first-order valence-electron chi connectivity index (χ1n) is 11.8. The zero-order valence-electron chi connectivity index (χ0n) is 20.0. The van der Waals surface area contributed by atoms with Gasteiger partial charge < -0.3 is 19.9 Å². The van der Waals surface area contributed by atoms with Crippen molar-refractivity contribution in [3.63, 3.8) is 0 Å². The van der Waals surface area contributed by atoms with E-state index in [0.29, 0.717) is 24.7 Å². The van der Waals surface area contributed by atoms with Gasteiger partial charge in [-0.2, -0.15) is 0 Å². The predicted molar refractivity (Wildman–Crippen MR) is 142 cm³/mol. The number of hydrogen-bond acceptors (Lipinski definition) is 5. The molecule has 182 valence electrons. The molecule has 8 nitrogen and oxygen atoms in total. The van der Waals surface area contributed by atoms with E-state index in [2.05, 4.69) is 56.1 Å². The molecule has 2 fully saturated rings. The minimum atomic E-state index is 0. The second-order valence-electron chi connectivity index (χ2n) is 9.02. The van der Waals surface area contributed by atoms with Gasteiger partial charge in [-0.15, -0.1) is 34.2 Å². The highest BCUT2D eigenvalue weighted by molar-refractivity contribution is 14.0. The summed E-state index contributed by atoms with van der Waals surface area (Å²) in [6.45, 7) is 5.10. The fourth-order valence-electron chi connectivity index (χ4n) is 4.95. The fraction of sp³-hybridized carbons (Fsp3) is 0.625. The van der Waals surface area contributed by atoms with Crippen molar-refractivity contribution in [2.45, 2.75) is 70.2 Å². The summed E-state index contributed by atoms with van der Waals surface area (Å²) in [6.07, 6.45) is 5.85. The number of ether oxygens (including phenoxy) is 1. The third kappa shape index (κ3) is 6.89. The molecule has 2 N–H and O–H groups in total. The van der Waals surface area contributed by atoms with Crippen molar-refractivity contribution >= 4 is 29.9 Å². The molecule has 2 aromatic rings. The molecule has 2 bridgehead atoms. The first kappa shape index (κ1) is 25.9. The number of aryl methyl sites for hydroxylation is 1. The van der Waals surface area contributed by atoms with E-state index in [9.17, 15) is 0 Å². The van der Waals surface area contributed by atoms with Crippen LogP contribution >= 0.6 is 24.0 Å². The Balaban J connectivity index is 0.00000306. The molecule has 1 aromatic heterocycles. The van der Waals surface area contributed by atoms with E-state index in [0.717, 1.165) is 56.6 Å². The molecule has 0 spiro atoms. The van der Waals surface area contributed by atoms with Crippen LogP contribution in [0, 0.1) is 6.92 Å². The molecule has 4 rings (SSSR count). The van der Waals surface area contributed by atoms with Crippen molar-refractivity contribution in [1.82, 2.24) is 30.3 Å². The van der Waals surface area contributed by atoms with E-state index in [1.807, 2.05) is 18.5 Å².